The van der Waals surface area contributed by atoms with E-state index in [9.17, 15) is 9.59 Å². The smallest absolute Gasteiger partial charge is 0.314 e. The molecule has 7 nitrogen and oxygen atoms in total. The molecule has 0 saturated heterocycles. The Morgan fingerprint density at radius 2 is 1.86 bits per heavy atom. The van der Waals surface area contributed by atoms with E-state index in [1.165, 1.54) is 0 Å². The van der Waals surface area contributed by atoms with Crippen molar-refractivity contribution < 1.29 is 0 Å². The van der Waals surface area contributed by atoms with Crippen molar-refractivity contribution in [2.75, 3.05) is 5.32 Å². The summed E-state index contributed by atoms with van der Waals surface area (Å²) in [4.78, 5) is 27.7. The molecule has 1 unspecified atom stereocenters. The molecular formula is C14H15N5O2. The quantitative estimate of drug-likeness (QED) is 0.628. The maximum Gasteiger partial charge on any atom is 0.314 e. The van der Waals surface area contributed by atoms with Crippen molar-refractivity contribution in [1.29, 1.82) is 0 Å². The molecule has 1 atom stereocenters. The normalized spacial score (nSPS) is 12.5. The van der Waals surface area contributed by atoms with Crippen molar-refractivity contribution in [2.24, 2.45) is 7.05 Å². The minimum atomic E-state index is -0.653. The van der Waals surface area contributed by atoms with Crippen molar-refractivity contribution in [2.45, 2.75) is 13.0 Å². The lowest BCUT2D eigenvalue weighted by atomic mass is 10.2. The number of rotatable bonds is 3. The maximum absolute atomic E-state index is 11.4. The van der Waals surface area contributed by atoms with Crippen molar-refractivity contribution >= 4 is 16.7 Å². The second kappa shape index (κ2) is 4.93. The van der Waals surface area contributed by atoms with Gasteiger partial charge in [0.15, 0.2) is 0 Å². The van der Waals surface area contributed by atoms with Crippen LogP contribution in [-0.2, 0) is 7.05 Å². The first-order valence-corrected chi connectivity index (χ1v) is 6.55. The summed E-state index contributed by atoms with van der Waals surface area (Å²) in [5, 5.41) is 7.48. The van der Waals surface area contributed by atoms with Crippen LogP contribution in [-0.4, -0.2) is 19.7 Å². The average Bonchev–Trinajstić information content (AvgIpc) is 2.87. The molecule has 7 heteroatoms. The minimum Gasteiger partial charge on any atom is -0.377 e. The number of aromatic amines is 2. The van der Waals surface area contributed by atoms with Gasteiger partial charge in [0.2, 0.25) is 0 Å². The Morgan fingerprint density at radius 1 is 1.14 bits per heavy atom. The molecule has 0 aliphatic carbocycles. The number of aromatic nitrogens is 4. The van der Waals surface area contributed by atoms with E-state index in [1.54, 1.807) is 23.0 Å². The van der Waals surface area contributed by atoms with E-state index < -0.39 is 11.1 Å². The van der Waals surface area contributed by atoms with Gasteiger partial charge in [0.25, 0.3) is 0 Å². The molecule has 0 amide bonds. The highest BCUT2D eigenvalue weighted by Crippen LogP contribution is 2.20. The van der Waals surface area contributed by atoms with Gasteiger partial charge in [-0.3, -0.25) is 14.3 Å². The Hall–Kier alpha value is -2.83. The fourth-order valence-electron chi connectivity index (χ4n) is 2.34. The van der Waals surface area contributed by atoms with E-state index in [1.807, 2.05) is 26.1 Å². The first kappa shape index (κ1) is 13.2. The van der Waals surface area contributed by atoms with Gasteiger partial charge in [0.05, 0.1) is 22.8 Å². The first-order valence-electron chi connectivity index (χ1n) is 6.55. The number of hydrogen-bond donors (Lipinski definition) is 3. The van der Waals surface area contributed by atoms with Crippen molar-refractivity contribution in [1.82, 2.24) is 19.7 Å². The summed E-state index contributed by atoms with van der Waals surface area (Å²) in [6, 6.07) is 7.40. The Kier molecular flexibility index (Phi) is 3.09. The lowest BCUT2D eigenvalue weighted by molar-refractivity contribution is 0.676. The molecule has 0 aliphatic heterocycles. The monoisotopic (exact) mass is 285 g/mol. The maximum atomic E-state index is 11.4. The summed E-state index contributed by atoms with van der Waals surface area (Å²) in [5.41, 5.74) is 1.77. The molecule has 0 radical (unpaired) electrons. The van der Waals surface area contributed by atoms with Crippen LogP contribution in [0.25, 0.3) is 11.0 Å². The van der Waals surface area contributed by atoms with E-state index in [2.05, 4.69) is 20.4 Å². The zero-order chi connectivity index (χ0) is 15.0. The summed E-state index contributed by atoms with van der Waals surface area (Å²) >= 11 is 0. The SMILES string of the molecule is CC(Nc1ccc2[nH]c(=O)c(=O)[nH]c2c1)c1ccnn1C. The van der Waals surface area contributed by atoms with Crippen LogP contribution in [0.15, 0.2) is 40.1 Å². The Morgan fingerprint density at radius 3 is 2.52 bits per heavy atom. The third-order valence-electron chi connectivity index (χ3n) is 3.41. The van der Waals surface area contributed by atoms with Crippen LogP contribution in [0.3, 0.4) is 0 Å². The van der Waals surface area contributed by atoms with E-state index in [4.69, 9.17) is 0 Å². The highest BCUT2D eigenvalue weighted by molar-refractivity contribution is 5.78. The van der Waals surface area contributed by atoms with Crippen LogP contribution in [0.2, 0.25) is 0 Å². The standard InChI is InChI=1S/C14H15N5O2/c1-8(12-5-6-15-19(12)2)16-9-3-4-10-11(7-9)18-14(21)13(20)17-10/h3-8,16H,1-2H3,(H,17,20)(H,18,21). The largest absolute Gasteiger partial charge is 0.377 e. The highest BCUT2D eigenvalue weighted by atomic mass is 16.2. The minimum absolute atomic E-state index is 0.0597. The molecule has 2 aromatic heterocycles. The molecule has 2 heterocycles. The summed E-state index contributed by atoms with van der Waals surface area (Å²) < 4.78 is 1.80. The summed E-state index contributed by atoms with van der Waals surface area (Å²) in [5.74, 6) is 0. The number of aryl methyl sites for hydroxylation is 1. The van der Waals surface area contributed by atoms with Gasteiger partial charge >= 0.3 is 11.1 Å². The topological polar surface area (TPSA) is 95.6 Å². The predicted octanol–water partition coefficient (Wildman–Crippen LogP) is 1.12. The second-order valence-corrected chi connectivity index (χ2v) is 4.91. The van der Waals surface area contributed by atoms with Crippen molar-refractivity contribution in [3.05, 3.63) is 56.9 Å². The van der Waals surface area contributed by atoms with Crippen molar-refractivity contribution in [3.8, 4) is 0 Å². The van der Waals surface area contributed by atoms with Crippen LogP contribution >= 0.6 is 0 Å². The number of fused-ring (bicyclic) bond motifs is 1. The van der Waals surface area contributed by atoms with Gasteiger partial charge in [0.1, 0.15) is 0 Å². The van der Waals surface area contributed by atoms with Crippen LogP contribution in [0.5, 0.6) is 0 Å². The van der Waals surface area contributed by atoms with Gasteiger partial charge in [-0.25, -0.2) is 0 Å². The molecule has 3 N–H and O–H groups in total. The molecule has 3 rings (SSSR count). The molecule has 0 spiro atoms. The fourth-order valence-corrected chi connectivity index (χ4v) is 2.34. The second-order valence-electron chi connectivity index (χ2n) is 4.91. The van der Waals surface area contributed by atoms with Crippen LogP contribution in [0, 0.1) is 0 Å². The number of H-pyrrole nitrogens is 2. The molecule has 0 saturated carbocycles. The van der Waals surface area contributed by atoms with Crippen molar-refractivity contribution in [3.63, 3.8) is 0 Å². The van der Waals surface area contributed by atoms with Crippen LogP contribution in [0.1, 0.15) is 18.7 Å². The van der Waals surface area contributed by atoms with Crippen LogP contribution < -0.4 is 16.4 Å². The van der Waals surface area contributed by atoms with E-state index in [0.29, 0.717) is 11.0 Å². The van der Waals surface area contributed by atoms with Gasteiger partial charge < -0.3 is 15.3 Å². The lowest BCUT2D eigenvalue weighted by Gasteiger charge is -2.15. The zero-order valence-electron chi connectivity index (χ0n) is 11.7. The molecule has 0 bridgehead atoms. The Balaban J connectivity index is 1.94. The molecule has 1 aromatic carbocycles. The van der Waals surface area contributed by atoms with E-state index in [0.717, 1.165) is 11.4 Å². The van der Waals surface area contributed by atoms with Gasteiger partial charge in [-0.1, -0.05) is 0 Å². The zero-order valence-corrected chi connectivity index (χ0v) is 11.7. The first-order chi connectivity index (χ1) is 10.0. The number of hydrogen-bond acceptors (Lipinski definition) is 4. The fraction of sp³-hybridized carbons (Fsp3) is 0.214. The Labute approximate surface area is 119 Å². The number of nitrogens with one attached hydrogen (secondary N) is 3. The van der Waals surface area contributed by atoms with Gasteiger partial charge in [-0.15, -0.1) is 0 Å². The van der Waals surface area contributed by atoms with E-state index >= 15 is 0 Å². The van der Waals surface area contributed by atoms with Gasteiger partial charge in [-0.2, -0.15) is 5.10 Å². The third kappa shape index (κ3) is 2.45. The highest BCUT2D eigenvalue weighted by Gasteiger charge is 2.09. The Bertz CT molecular complexity index is 905. The molecule has 21 heavy (non-hydrogen) atoms. The molecule has 3 aromatic rings. The van der Waals surface area contributed by atoms with Gasteiger partial charge in [-0.05, 0) is 31.2 Å². The molecule has 0 fully saturated rings. The molecular weight excluding hydrogens is 270 g/mol. The molecule has 108 valence electrons. The van der Waals surface area contributed by atoms with Gasteiger partial charge in [0, 0.05) is 18.9 Å². The summed E-state index contributed by atoms with van der Waals surface area (Å²) in [6.07, 6.45) is 1.75. The number of anilines is 1. The number of benzene rings is 1. The molecule has 0 aliphatic rings. The van der Waals surface area contributed by atoms with E-state index in [-0.39, 0.29) is 6.04 Å². The summed E-state index contributed by atoms with van der Waals surface area (Å²) in [7, 11) is 1.89. The third-order valence-corrected chi connectivity index (χ3v) is 3.41. The predicted molar refractivity (Wildman–Crippen MR) is 80.4 cm³/mol. The lowest BCUT2D eigenvalue weighted by Crippen LogP contribution is -2.28. The summed E-state index contributed by atoms with van der Waals surface area (Å²) in [6.45, 7) is 2.02. The van der Waals surface area contributed by atoms with Crippen LogP contribution in [0.4, 0.5) is 5.69 Å². The number of nitrogens with zero attached hydrogens (tertiary/aromatic N) is 2. The average molecular weight is 285 g/mol.